The zero-order valence-electron chi connectivity index (χ0n) is 6.70. The maximum Gasteiger partial charge on any atom is 0.330 e. The molecule has 66 valence electrons. The molecule has 1 N–H and O–H groups in total. The summed E-state index contributed by atoms with van der Waals surface area (Å²) in [5.41, 5.74) is 0.598. The van der Waals surface area contributed by atoms with Gasteiger partial charge >= 0.3 is 5.69 Å². The van der Waals surface area contributed by atoms with E-state index in [1.165, 1.54) is 4.57 Å². The van der Waals surface area contributed by atoms with Gasteiger partial charge < -0.3 is 4.98 Å². The van der Waals surface area contributed by atoms with Crippen LogP contribution in [-0.2, 0) is 0 Å². The maximum atomic E-state index is 11.2. The Balaban J connectivity index is 2.59. The van der Waals surface area contributed by atoms with Crippen LogP contribution >= 0.6 is 11.6 Å². The third kappa shape index (κ3) is 1.51. The molecule has 0 saturated heterocycles. The van der Waals surface area contributed by atoms with Crippen molar-refractivity contribution in [2.45, 2.75) is 0 Å². The van der Waals surface area contributed by atoms with Crippen LogP contribution in [-0.4, -0.2) is 9.55 Å². The molecule has 0 amide bonds. The van der Waals surface area contributed by atoms with Gasteiger partial charge in [-0.15, -0.1) is 0 Å². The molecule has 0 bridgehead atoms. The Labute approximate surface area is 79.6 Å². The monoisotopic (exact) mass is 194 g/mol. The molecule has 0 fully saturated rings. The average Bonchev–Trinajstić information content (AvgIpc) is 2.51. The molecule has 2 rings (SSSR count). The second-order valence-electron chi connectivity index (χ2n) is 2.62. The van der Waals surface area contributed by atoms with E-state index in [0.717, 1.165) is 5.69 Å². The summed E-state index contributed by atoms with van der Waals surface area (Å²) in [7, 11) is 0. The molecule has 0 atom stereocenters. The minimum Gasteiger partial charge on any atom is -0.312 e. The summed E-state index contributed by atoms with van der Waals surface area (Å²) in [6.07, 6.45) is 3.25. The second kappa shape index (κ2) is 3.11. The van der Waals surface area contributed by atoms with Crippen LogP contribution in [0.15, 0.2) is 41.5 Å². The summed E-state index contributed by atoms with van der Waals surface area (Å²) in [4.78, 5) is 13.7. The van der Waals surface area contributed by atoms with Gasteiger partial charge in [0.05, 0.1) is 5.69 Å². The zero-order valence-corrected chi connectivity index (χ0v) is 7.45. The number of hydrogen-bond acceptors (Lipinski definition) is 1. The predicted molar refractivity (Wildman–Crippen MR) is 51.4 cm³/mol. The first kappa shape index (κ1) is 8.13. The Morgan fingerprint density at radius 2 is 2.23 bits per heavy atom. The SMILES string of the molecule is O=c1[nH]ccn1-c1cccc(Cl)c1. The molecule has 4 heteroatoms. The Hall–Kier alpha value is -1.48. The van der Waals surface area contributed by atoms with Crippen LogP contribution in [0.2, 0.25) is 5.02 Å². The van der Waals surface area contributed by atoms with Gasteiger partial charge in [-0.05, 0) is 18.2 Å². The van der Waals surface area contributed by atoms with E-state index in [4.69, 9.17) is 11.6 Å². The Morgan fingerprint density at radius 3 is 2.85 bits per heavy atom. The van der Waals surface area contributed by atoms with Crippen molar-refractivity contribution >= 4 is 11.6 Å². The van der Waals surface area contributed by atoms with Gasteiger partial charge in [-0.2, -0.15) is 0 Å². The lowest BCUT2D eigenvalue weighted by atomic mass is 10.3. The fourth-order valence-corrected chi connectivity index (χ4v) is 1.33. The second-order valence-corrected chi connectivity index (χ2v) is 3.05. The fraction of sp³-hybridized carbons (Fsp3) is 0. The maximum absolute atomic E-state index is 11.2. The van der Waals surface area contributed by atoms with E-state index in [1.54, 1.807) is 30.6 Å². The lowest BCUT2D eigenvalue weighted by Gasteiger charge is -1.99. The number of aromatic nitrogens is 2. The first-order valence-corrected chi connectivity index (χ1v) is 4.17. The Morgan fingerprint density at radius 1 is 1.38 bits per heavy atom. The van der Waals surface area contributed by atoms with Gasteiger partial charge in [0.1, 0.15) is 0 Å². The van der Waals surface area contributed by atoms with Crippen molar-refractivity contribution in [3.8, 4) is 5.69 Å². The lowest BCUT2D eigenvalue weighted by Crippen LogP contribution is -2.13. The molecule has 0 saturated carbocycles. The van der Waals surface area contributed by atoms with E-state index in [2.05, 4.69) is 4.98 Å². The number of benzene rings is 1. The highest BCUT2D eigenvalue weighted by Gasteiger charge is 1.98. The first-order chi connectivity index (χ1) is 6.27. The first-order valence-electron chi connectivity index (χ1n) is 3.79. The topological polar surface area (TPSA) is 37.8 Å². The number of rotatable bonds is 1. The smallest absolute Gasteiger partial charge is 0.312 e. The van der Waals surface area contributed by atoms with Gasteiger partial charge in [0.15, 0.2) is 0 Å². The quantitative estimate of drug-likeness (QED) is 0.739. The number of halogens is 1. The van der Waals surface area contributed by atoms with Crippen molar-refractivity contribution in [2.75, 3.05) is 0 Å². The van der Waals surface area contributed by atoms with E-state index in [1.807, 2.05) is 6.07 Å². The number of nitrogens with one attached hydrogen (secondary N) is 1. The molecule has 3 nitrogen and oxygen atoms in total. The van der Waals surface area contributed by atoms with Crippen molar-refractivity contribution < 1.29 is 0 Å². The number of hydrogen-bond donors (Lipinski definition) is 1. The minimum absolute atomic E-state index is 0.165. The number of nitrogens with zero attached hydrogens (tertiary/aromatic N) is 1. The molecule has 0 aliphatic rings. The molecular formula is C9H7ClN2O. The molecule has 0 aliphatic heterocycles. The Kier molecular flexibility index (Phi) is 1.94. The highest BCUT2D eigenvalue weighted by atomic mass is 35.5. The summed E-state index contributed by atoms with van der Waals surface area (Å²) < 4.78 is 1.49. The predicted octanol–water partition coefficient (Wildman–Crippen LogP) is 1.82. The minimum atomic E-state index is -0.165. The average molecular weight is 195 g/mol. The van der Waals surface area contributed by atoms with Crippen LogP contribution in [0.4, 0.5) is 0 Å². The van der Waals surface area contributed by atoms with Crippen LogP contribution in [0.25, 0.3) is 5.69 Å². The molecular weight excluding hydrogens is 188 g/mol. The van der Waals surface area contributed by atoms with Gasteiger partial charge in [-0.1, -0.05) is 17.7 Å². The molecule has 2 aromatic rings. The van der Waals surface area contributed by atoms with Gasteiger partial charge in [0.2, 0.25) is 0 Å². The van der Waals surface area contributed by atoms with E-state index in [0.29, 0.717) is 5.02 Å². The third-order valence-electron chi connectivity index (χ3n) is 1.74. The molecule has 1 aromatic heterocycles. The van der Waals surface area contributed by atoms with Crippen molar-refractivity contribution in [1.29, 1.82) is 0 Å². The molecule has 0 spiro atoms. The van der Waals surface area contributed by atoms with Crippen LogP contribution in [0.3, 0.4) is 0 Å². The molecule has 13 heavy (non-hydrogen) atoms. The summed E-state index contributed by atoms with van der Waals surface area (Å²) in [6, 6.07) is 7.12. The Bertz CT molecular complexity index is 472. The van der Waals surface area contributed by atoms with Crippen LogP contribution in [0.1, 0.15) is 0 Å². The summed E-state index contributed by atoms with van der Waals surface area (Å²) >= 11 is 5.79. The molecule has 0 radical (unpaired) electrons. The van der Waals surface area contributed by atoms with E-state index in [9.17, 15) is 4.79 Å². The van der Waals surface area contributed by atoms with Crippen LogP contribution in [0, 0.1) is 0 Å². The van der Waals surface area contributed by atoms with E-state index >= 15 is 0 Å². The number of H-pyrrole nitrogens is 1. The highest BCUT2D eigenvalue weighted by Crippen LogP contribution is 2.12. The third-order valence-corrected chi connectivity index (χ3v) is 1.97. The van der Waals surface area contributed by atoms with Crippen molar-refractivity contribution in [1.82, 2.24) is 9.55 Å². The number of aromatic amines is 1. The summed E-state index contributed by atoms with van der Waals surface area (Å²) in [6.45, 7) is 0. The van der Waals surface area contributed by atoms with Gasteiger partial charge in [0, 0.05) is 17.4 Å². The summed E-state index contributed by atoms with van der Waals surface area (Å²) in [5.74, 6) is 0. The van der Waals surface area contributed by atoms with Crippen molar-refractivity contribution in [3.63, 3.8) is 0 Å². The van der Waals surface area contributed by atoms with Crippen molar-refractivity contribution in [3.05, 3.63) is 52.2 Å². The van der Waals surface area contributed by atoms with Crippen LogP contribution in [0.5, 0.6) is 0 Å². The normalized spacial score (nSPS) is 10.2. The molecule has 0 aliphatic carbocycles. The highest BCUT2D eigenvalue weighted by molar-refractivity contribution is 6.30. The van der Waals surface area contributed by atoms with Crippen LogP contribution < -0.4 is 5.69 Å². The fourth-order valence-electron chi connectivity index (χ4n) is 1.15. The standard InChI is InChI=1S/C9H7ClN2O/c10-7-2-1-3-8(6-7)12-5-4-11-9(12)13/h1-6H,(H,11,13). The molecule has 1 aromatic carbocycles. The van der Waals surface area contributed by atoms with Crippen molar-refractivity contribution in [2.24, 2.45) is 0 Å². The van der Waals surface area contributed by atoms with Gasteiger partial charge in [-0.25, -0.2) is 4.79 Å². The lowest BCUT2D eigenvalue weighted by molar-refractivity contribution is 0.987. The molecule has 0 unspecified atom stereocenters. The zero-order chi connectivity index (χ0) is 9.26. The molecule has 1 heterocycles. The largest absolute Gasteiger partial charge is 0.330 e. The van der Waals surface area contributed by atoms with Gasteiger partial charge in [0.25, 0.3) is 0 Å². The van der Waals surface area contributed by atoms with E-state index < -0.39 is 0 Å². The van der Waals surface area contributed by atoms with E-state index in [-0.39, 0.29) is 5.69 Å². The summed E-state index contributed by atoms with van der Waals surface area (Å²) in [5, 5.41) is 0.616. The van der Waals surface area contributed by atoms with Gasteiger partial charge in [-0.3, -0.25) is 4.57 Å². The number of imidazole rings is 1.